The zero-order valence-electron chi connectivity index (χ0n) is 54.2. The van der Waals surface area contributed by atoms with E-state index in [1.165, 1.54) is 36.3 Å². The number of aryl methyl sites for hydroxylation is 8. The number of fused-ring (bicyclic) bond motifs is 3. The molecule has 4 N–H and O–H groups in total. The highest BCUT2D eigenvalue weighted by molar-refractivity contribution is 9.11. The minimum Gasteiger partial charge on any atom is -0.475 e. The quantitative estimate of drug-likeness (QED) is 0.0852. The number of anilines is 5. The van der Waals surface area contributed by atoms with Crippen LogP contribution in [0.4, 0.5) is 55.0 Å². The summed E-state index contributed by atoms with van der Waals surface area (Å²) in [7, 11) is -0.693. The molecule has 0 aliphatic carbocycles. The van der Waals surface area contributed by atoms with E-state index in [2.05, 4.69) is 72.0 Å². The molecule has 96 heavy (non-hydrogen) atoms. The Kier molecular flexibility index (Phi) is 21.2. The monoisotopic (exact) mass is 1480 g/mol. The Hall–Kier alpha value is -8.46. The van der Waals surface area contributed by atoms with Crippen LogP contribution in [0.15, 0.2) is 76.7 Å². The van der Waals surface area contributed by atoms with Crippen LogP contribution in [0.2, 0.25) is 5.15 Å². The number of carbonyl (C=O) groups excluding carboxylic acids is 3. The van der Waals surface area contributed by atoms with Gasteiger partial charge in [-0.2, -0.15) is 36.5 Å². The van der Waals surface area contributed by atoms with Gasteiger partial charge in [-0.25, -0.2) is 29.9 Å². The van der Waals surface area contributed by atoms with Crippen LogP contribution in [-0.2, 0) is 22.4 Å². The zero-order valence-corrected chi connectivity index (χ0v) is 58.1. The first-order chi connectivity index (χ1) is 44.9. The molecule has 1 saturated heterocycles. The van der Waals surface area contributed by atoms with Crippen molar-refractivity contribution >= 4 is 102 Å². The summed E-state index contributed by atoms with van der Waals surface area (Å²) >= 11 is 13.1. The molecule has 3 amide bonds. The Morgan fingerprint density at radius 1 is 0.510 bits per heavy atom. The van der Waals surface area contributed by atoms with E-state index >= 15 is 0 Å². The predicted molar refractivity (Wildman–Crippen MR) is 355 cm³/mol. The van der Waals surface area contributed by atoms with Crippen molar-refractivity contribution in [3.05, 3.63) is 143 Å². The van der Waals surface area contributed by atoms with Crippen molar-refractivity contribution in [2.75, 3.05) is 65.6 Å². The van der Waals surface area contributed by atoms with Crippen LogP contribution < -0.4 is 45.8 Å². The lowest BCUT2D eigenvalue weighted by atomic mass is 9.79. The van der Waals surface area contributed by atoms with Gasteiger partial charge in [0.2, 0.25) is 17.6 Å². The van der Waals surface area contributed by atoms with Crippen LogP contribution in [-0.4, -0.2) is 137 Å². The molecule has 23 nitrogen and oxygen atoms in total. The molecule has 3 aromatic carbocycles. The second-order valence-corrected chi connectivity index (χ2v) is 25.8. The standard InChI is InChI=1S/C21H21F3N6O2.C15H13BrClN3O2.C15H15BrN4O2.C12H18BF3N2O2/c1-11-6-14(30-4-5-32-19-17(20(30)31)18(25)26-10-27-19)7-12(2)16(11)15-8-29(28-13(15)3)9-21(22,23)24;2*1-8-5-10(6-9(2)12(8)16)20-3-4-22-14-11(15(20)21)13(17)18-7-19-14;1-8-9(6-18(17-8)7-12(14,15)16)13-19-10(2,3)11(4,5)20-13/h6-8,10H,4-5,9H2,1-3H3,(H2,25,26,27);5-7H,3-4H2,1-2H3;5-7H,3-4H2,1-2H3,(H2,17,18,19);6H,7H2,1-5H3. The SMILES string of the molecule is Cc1cc(N2CCOc3ncnc(Cl)c3C2=O)cc(C)c1Br.Cc1cc(N2CCOc3ncnc(N)c3C2=O)cc(C)c1-c1cn(CC(F)(F)F)nc1C.Cc1cc(N2CCOc3ncnc(N)c3C2=O)cc(C)c1Br.Cc1nn(CC(F)(F)F)cc1B1OC(C)(C)C(C)(C)O1. The number of alkyl halides is 6. The Morgan fingerprint density at radius 2 is 0.854 bits per heavy atom. The van der Waals surface area contributed by atoms with Gasteiger partial charge in [-0.1, -0.05) is 43.5 Å². The number of nitrogens with two attached hydrogens (primary N) is 2. The third-order valence-corrected chi connectivity index (χ3v) is 19.0. The minimum atomic E-state index is -4.36. The largest absolute Gasteiger partial charge is 0.498 e. The Labute approximate surface area is 570 Å². The minimum absolute atomic E-state index is 0.0321. The number of nitrogen functional groups attached to an aromatic ring is 2. The number of nitrogens with zero attached hydrogens (tertiary/aromatic N) is 13. The fourth-order valence-electron chi connectivity index (χ4n) is 10.9. The van der Waals surface area contributed by atoms with Crippen molar-refractivity contribution in [3.8, 4) is 28.8 Å². The summed E-state index contributed by atoms with van der Waals surface area (Å²) in [6.45, 7) is 22.3. The van der Waals surface area contributed by atoms with Crippen LogP contribution >= 0.6 is 43.5 Å². The topological polar surface area (TPSA) is 272 Å². The molecule has 0 radical (unpaired) electrons. The molecule has 0 atom stereocenters. The molecule has 0 spiro atoms. The molecule has 4 aliphatic heterocycles. The number of hydrogen-bond acceptors (Lipinski definition) is 18. The Bertz CT molecular complexity index is 4100. The number of benzene rings is 3. The maximum absolute atomic E-state index is 13.2. The Morgan fingerprint density at radius 3 is 1.25 bits per heavy atom. The fourth-order valence-corrected chi connectivity index (χ4v) is 11.5. The molecular formula is C63H67BBr2ClF6N15O8. The molecular weight excluding hydrogens is 1410 g/mol. The molecule has 0 bridgehead atoms. The summed E-state index contributed by atoms with van der Waals surface area (Å²) in [5.41, 5.74) is 22.2. The van der Waals surface area contributed by atoms with Gasteiger partial charge in [0, 0.05) is 49.4 Å². The zero-order chi connectivity index (χ0) is 70.3. The van der Waals surface area contributed by atoms with E-state index in [9.17, 15) is 40.7 Å². The van der Waals surface area contributed by atoms with Gasteiger partial charge in [-0.3, -0.25) is 23.7 Å². The molecule has 9 heterocycles. The van der Waals surface area contributed by atoms with Gasteiger partial charge >= 0.3 is 19.5 Å². The van der Waals surface area contributed by atoms with Crippen LogP contribution in [0.1, 0.15) is 104 Å². The number of rotatable bonds is 7. The molecule has 5 aromatic heterocycles. The molecule has 8 aromatic rings. The lowest BCUT2D eigenvalue weighted by Gasteiger charge is -2.32. The van der Waals surface area contributed by atoms with Gasteiger partial charge in [0.15, 0.2) is 0 Å². The molecule has 1 fully saturated rings. The van der Waals surface area contributed by atoms with Crippen molar-refractivity contribution in [1.29, 1.82) is 0 Å². The summed E-state index contributed by atoms with van der Waals surface area (Å²) in [6.07, 6.45) is -2.10. The third kappa shape index (κ3) is 15.8. The van der Waals surface area contributed by atoms with E-state index < -0.39 is 43.8 Å². The van der Waals surface area contributed by atoms with E-state index in [0.717, 1.165) is 68.6 Å². The maximum Gasteiger partial charge on any atom is 0.498 e. The number of amides is 3. The predicted octanol–water partition coefficient (Wildman–Crippen LogP) is 11.5. The fraction of sp³-hybridized carbons (Fsp3) is 0.381. The number of carbonyl (C=O) groups is 3. The Balaban J connectivity index is 0.000000153. The van der Waals surface area contributed by atoms with Crippen LogP contribution in [0.5, 0.6) is 17.6 Å². The summed E-state index contributed by atoms with van der Waals surface area (Å²) in [5, 5.41) is 7.99. The number of aromatic nitrogens is 10. The average molecular weight is 1480 g/mol. The lowest BCUT2D eigenvalue weighted by Crippen LogP contribution is -2.41. The van der Waals surface area contributed by atoms with Gasteiger partial charge < -0.3 is 49.7 Å². The molecule has 508 valence electrons. The highest BCUT2D eigenvalue weighted by atomic mass is 79.9. The van der Waals surface area contributed by atoms with Crippen LogP contribution in [0, 0.1) is 55.4 Å². The molecule has 0 unspecified atom stereocenters. The number of halogens is 9. The first-order valence-corrected chi connectivity index (χ1v) is 31.7. The van der Waals surface area contributed by atoms with Crippen molar-refractivity contribution in [2.24, 2.45) is 0 Å². The summed E-state index contributed by atoms with van der Waals surface area (Å²) in [5.74, 6) is -0.0919. The van der Waals surface area contributed by atoms with E-state index in [0.29, 0.717) is 54.4 Å². The highest BCUT2D eigenvalue weighted by Gasteiger charge is 2.53. The van der Waals surface area contributed by atoms with Gasteiger partial charge in [-0.05, 0) is 158 Å². The summed E-state index contributed by atoms with van der Waals surface area (Å²) in [6, 6.07) is 11.5. The molecule has 33 heteroatoms. The van der Waals surface area contributed by atoms with E-state index in [-0.39, 0.29) is 82.0 Å². The van der Waals surface area contributed by atoms with Gasteiger partial charge in [0.1, 0.15) is 85.4 Å². The third-order valence-electron chi connectivity index (χ3n) is 16.2. The second kappa shape index (κ2) is 28.3. The number of hydrogen-bond donors (Lipinski definition) is 2. The van der Waals surface area contributed by atoms with Crippen molar-refractivity contribution < 1.29 is 64.2 Å². The number of ether oxygens (including phenoxy) is 3. The van der Waals surface area contributed by atoms with Crippen molar-refractivity contribution in [1.82, 2.24) is 49.5 Å². The van der Waals surface area contributed by atoms with Crippen LogP contribution in [0.25, 0.3) is 11.1 Å². The normalized spacial score (nSPS) is 15.8. The molecule has 4 aliphatic rings. The van der Waals surface area contributed by atoms with Crippen molar-refractivity contribution in [3.63, 3.8) is 0 Å². The van der Waals surface area contributed by atoms with Gasteiger partial charge in [0.05, 0.1) is 42.2 Å². The average Bonchev–Trinajstić information content (AvgIpc) is 1.56. The second-order valence-electron chi connectivity index (χ2n) is 23.9. The first-order valence-electron chi connectivity index (χ1n) is 29.7. The van der Waals surface area contributed by atoms with E-state index in [1.54, 1.807) is 23.6 Å². The van der Waals surface area contributed by atoms with Gasteiger partial charge in [-0.15, -0.1) is 0 Å². The van der Waals surface area contributed by atoms with E-state index in [1.807, 2.05) is 106 Å². The smallest absolute Gasteiger partial charge is 0.475 e. The van der Waals surface area contributed by atoms with Crippen LogP contribution in [0.3, 0.4) is 0 Å². The van der Waals surface area contributed by atoms with Gasteiger partial charge in [0.25, 0.3) is 17.7 Å². The van der Waals surface area contributed by atoms with E-state index in [4.69, 9.17) is 46.6 Å². The molecule has 12 rings (SSSR count). The molecule has 0 saturated carbocycles. The van der Waals surface area contributed by atoms with Crippen molar-refractivity contribution in [2.45, 2.75) is 120 Å². The maximum atomic E-state index is 13.2. The first kappa shape index (κ1) is 71.8. The highest BCUT2D eigenvalue weighted by Crippen LogP contribution is 2.39. The lowest BCUT2D eigenvalue weighted by molar-refractivity contribution is -0.143. The summed E-state index contributed by atoms with van der Waals surface area (Å²) in [4.78, 5) is 67.4. The summed E-state index contributed by atoms with van der Waals surface area (Å²) < 4.78 is 108.